The van der Waals surface area contributed by atoms with Crippen molar-refractivity contribution < 1.29 is 0 Å². The average Bonchev–Trinajstić information content (AvgIpc) is 3.21. The molecule has 0 nitrogen and oxygen atoms in total. The van der Waals surface area contributed by atoms with Crippen molar-refractivity contribution in [2.24, 2.45) is 0 Å². The average molecular weight is 381 g/mol. The Bertz CT molecular complexity index is 920. The van der Waals surface area contributed by atoms with Crippen LogP contribution in [0.25, 0.3) is 20.2 Å². The molecule has 0 fully saturated rings. The minimum atomic E-state index is 0.260. The van der Waals surface area contributed by atoms with Gasteiger partial charge in [0.2, 0.25) is 0 Å². The molecule has 4 rings (SSSR count). The van der Waals surface area contributed by atoms with Crippen molar-refractivity contribution >= 4 is 42.8 Å². The first-order chi connectivity index (χ1) is 12.1. The monoisotopic (exact) mass is 380 g/mol. The number of fused-ring (bicyclic) bond motifs is 2. The molecule has 4 aromatic rings. The molecule has 0 aliphatic carbocycles. The van der Waals surface area contributed by atoms with Crippen LogP contribution in [0.15, 0.2) is 59.3 Å². The summed E-state index contributed by atoms with van der Waals surface area (Å²) in [4.78, 5) is 0. The maximum atomic E-state index is 2.31. The Morgan fingerprint density at radius 3 is 1.73 bits per heavy atom. The third kappa shape index (κ3) is 4.36. The van der Waals surface area contributed by atoms with Crippen molar-refractivity contribution in [3.8, 4) is 0 Å². The Kier molecular flexibility index (Phi) is 5.28. The zero-order valence-corrected chi connectivity index (χ0v) is 18.2. The Labute approximate surface area is 165 Å². The second-order valence-electron chi connectivity index (χ2n) is 8.85. The molecule has 26 heavy (non-hydrogen) atoms. The molecule has 0 bridgehead atoms. The van der Waals surface area contributed by atoms with Gasteiger partial charge in [-0.3, -0.25) is 0 Å². The van der Waals surface area contributed by atoms with Crippen molar-refractivity contribution in [2.45, 2.75) is 52.4 Å². The van der Waals surface area contributed by atoms with Crippen LogP contribution in [0.2, 0.25) is 0 Å². The molecule has 0 unspecified atom stereocenters. The lowest BCUT2D eigenvalue weighted by atomic mass is 9.87. The normalized spacial score (nSPS) is 12.2. The van der Waals surface area contributed by atoms with E-state index in [0.29, 0.717) is 0 Å². The van der Waals surface area contributed by atoms with Gasteiger partial charge in [0.25, 0.3) is 0 Å². The first-order valence-electron chi connectivity index (χ1n) is 9.10. The predicted octanol–water partition coefficient (Wildman–Crippen LogP) is 8.40. The minimum absolute atomic E-state index is 0.260. The van der Waals surface area contributed by atoms with Crippen molar-refractivity contribution in [3.63, 3.8) is 0 Å². The lowest BCUT2D eigenvalue weighted by Crippen LogP contribution is -2.10. The topological polar surface area (TPSA) is 0 Å². The van der Waals surface area contributed by atoms with Crippen LogP contribution in [0.1, 0.15) is 52.7 Å². The fourth-order valence-corrected chi connectivity index (χ4v) is 4.45. The Morgan fingerprint density at radius 1 is 0.538 bits per heavy atom. The Balaban J connectivity index is 0.000000151. The quantitative estimate of drug-likeness (QED) is 0.287. The maximum Gasteiger partial charge on any atom is 0.0345 e. The first kappa shape index (κ1) is 19.1. The van der Waals surface area contributed by atoms with Gasteiger partial charge >= 0.3 is 0 Å². The van der Waals surface area contributed by atoms with E-state index < -0.39 is 0 Å². The zero-order chi connectivity index (χ0) is 18.9. The van der Waals surface area contributed by atoms with Gasteiger partial charge in [-0.05, 0) is 73.8 Å². The highest BCUT2D eigenvalue weighted by Crippen LogP contribution is 2.29. The third-order valence-electron chi connectivity index (χ3n) is 4.64. The van der Waals surface area contributed by atoms with Crippen molar-refractivity contribution in [3.05, 3.63) is 70.4 Å². The lowest BCUT2D eigenvalue weighted by molar-refractivity contribution is 0.591. The first-order valence-corrected chi connectivity index (χ1v) is 10.9. The summed E-state index contributed by atoms with van der Waals surface area (Å²) < 4.78 is 2.78. The molecule has 0 aliphatic rings. The molecule has 0 amide bonds. The van der Waals surface area contributed by atoms with Crippen LogP contribution >= 0.6 is 22.7 Å². The van der Waals surface area contributed by atoms with E-state index in [0.717, 1.165) is 0 Å². The van der Waals surface area contributed by atoms with Gasteiger partial charge in [0.1, 0.15) is 0 Å². The number of hydrogen-bond acceptors (Lipinski definition) is 2. The molecular formula is C24H28S2. The molecule has 0 atom stereocenters. The largest absolute Gasteiger partial charge is 0.144 e. The summed E-state index contributed by atoms with van der Waals surface area (Å²) in [5.41, 5.74) is 3.36. The summed E-state index contributed by atoms with van der Waals surface area (Å²) in [5.74, 6) is 0. The van der Waals surface area contributed by atoms with E-state index in [1.807, 2.05) is 11.3 Å². The highest BCUT2D eigenvalue weighted by Gasteiger charge is 2.14. The van der Waals surface area contributed by atoms with Gasteiger partial charge in [-0.25, -0.2) is 0 Å². The second kappa shape index (κ2) is 7.17. The summed E-state index contributed by atoms with van der Waals surface area (Å²) in [6.45, 7) is 13.5. The Morgan fingerprint density at radius 2 is 1.08 bits per heavy atom. The molecule has 0 spiro atoms. The summed E-state index contributed by atoms with van der Waals surface area (Å²) in [5, 5.41) is 7.03. The molecule has 136 valence electrons. The van der Waals surface area contributed by atoms with Crippen LogP contribution in [0.4, 0.5) is 0 Å². The molecule has 0 saturated carbocycles. The number of benzene rings is 2. The second-order valence-corrected chi connectivity index (χ2v) is 10.7. The van der Waals surface area contributed by atoms with Crippen molar-refractivity contribution in [2.75, 3.05) is 0 Å². The Hall–Kier alpha value is -1.64. The SMILES string of the molecule is CC(C)(C)c1ccc2ccsc2c1.CC(C)(C)c1ccc2sccc2c1. The number of thiophene rings is 2. The fourth-order valence-electron chi connectivity index (χ4n) is 2.85. The number of rotatable bonds is 0. The molecular weight excluding hydrogens is 352 g/mol. The molecule has 0 aliphatic heterocycles. The summed E-state index contributed by atoms with van der Waals surface area (Å²) in [7, 11) is 0. The molecule has 0 radical (unpaired) electrons. The fraction of sp³-hybridized carbons (Fsp3) is 0.333. The minimum Gasteiger partial charge on any atom is -0.144 e. The number of hydrogen-bond donors (Lipinski definition) is 0. The molecule has 2 aromatic heterocycles. The highest BCUT2D eigenvalue weighted by atomic mass is 32.1. The molecule has 0 N–H and O–H groups in total. The van der Waals surface area contributed by atoms with Crippen LogP contribution in [0.5, 0.6) is 0 Å². The van der Waals surface area contributed by atoms with Crippen molar-refractivity contribution in [1.29, 1.82) is 0 Å². The van der Waals surface area contributed by atoms with Gasteiger partial charge < -0.3 is 0 Å². The van der Waals surface area contributed by atoms with Crippen LogP contribution in [0, 0.1) is 0 Å². The summed E-state index contributed by atoms with van der Waals surface area (Å²) >= 11 is 3.62. The van der Waals surface area contributed by atoms with E-state index in [9.17, 15) is 0 Å². The van der Waals surface area contributed by atoms with E-state index in [4.69, 9.17) is 0 Å². The van der Waals surface area contributed by atoms with Crippen LogP contribution < -0.4 is 0 Å². The third-order valence-corrected chi connectivity index (χ3v) is 6.42. The molecule has 2 aromatic carbocycles. The van der Waals surface area contributed by atoms with Gasteiger partial charge in [-0.1, -0.05) is 59.7 Å². The summed E-state index contributed by atoms with van der Waals surface area (Å²) in [6, 6.07) is 17.9. The standard InChI is InChI=1S/2C12H14S/c1-12(2,3)10-4-5-11-9(8-10)6-7-13-11;1-12(2,3)10-5-4-9-6-7-13-11(9)8-10/h2*4-8H,1-3H3. The zero-order valence-electron chi connectivity index (χ0n) is 16.6. The smallest absolute Gasteiger partial charge is 0.0345 e. The van der Waals surface area contributed by atoms with Gasteiger partial charge in [-0.15, -0.1) is 22.7 Å². The van der Waals surface area contributed by atoms with Gasteiger partial charge in [-0.2, -0.15) is 0 Å². The van der Waals surface area contributed by atoms with E-state index in [-0.39, 0.29) is 10.8 Å². The summed E-state index contributed by atoms with van der Waals surface area (Å²) in [6.07, 6.45) is 0. The van der Waals surface area contributed by atoms with E-state index in [1.165, 1.54) is 31.3 Å². The lowest BCUT2D eigenvalue weighted by Gasteiger charge is -2.18. The predicted molar refractivity (Wildman–Crippen MR) is 121 cm³/mol. The van der Waals surface area contributed by atoms with Gasteiger partial charge in [0.05, 0.1) is 0 Å². The highest BCUT2D eigenvalue weighted by molar-refractivity contribution is 7.17. The van der Waals surface area contributed by atoms with Crippen LogP contribution in [0.3, 0.4) is 0 Å². The molecule has 0 saturated heterocycles. The van der Waals surface area contributed by atoms with Crippen LogP contribution in [-0.4, -0.2) is 0 Å². The maximum absolute atomic E-state index is 2.31. The van der Waals surface area contributed by atoms with Gasteiger partial charge in [0, 0.05) is 9.40 Å². The van der Waals surface area contributed by atoms with Gasteiger partial charge in [0.15, 0.2) is 0 Å². The molecule has 2 heterocycles. The van der Waals surface area contributed by atoms with E-state index in [1.54, 1.807) is 11.3 Å². The van der Waals surface area contributed by atoms with E-state index in [2.05, 4.69) is 101 Å². The van der Waals surface area contributed by atoms with Crippen LogP contribution in [-0.2, 0) is 10.8 Å². The molecule has 2 heteroatoms. The van der Waals surface area contributed by atoms with E-state index >= 15 is 0 Å². The van der Waals surface area contributed by atoms with Crippen molar-refractivity contribution in [1.82, 2.24) is 0 Å².